The van der Waals surface area contributed by atoms with Gasteiger partial charge < -0.3 is 0 Å². The standard InChI is InChI=1S/C24H26/c1-14-10-21-12-19(6-8-23(21)16(14)3)18(5)20-7-9-24-17(4)15(2)11-22(24)13-20/h6-9,12-13,18H,10-11H2,1-5H3. The van der Waals surface area contributed by atoms with Crippen LogP contribution in [-0.4, -0.2) is 0 Å². The van der Waals surface area contributed by atoms with E-state index in [4.69, 9.17) is 0 Å². The van der Waals surface area contributed by atoms with E-state index >= 15 is 0 Å². The van der Waals surface area contributed by atoms with Crippen LogP contribution in [0.4, 0.5) is 0 Å². The van der Waals surface area contributed by atoms with Gasteiger partial charge in [0.15, 0.2) is 0 Å². The van der Waals surface area contributed by atoms with Crippen molar-refractivity contribution in [2.75, 3.05) is 0 Å². The van der Waals surface area contributed by atoms with Crippen LogP contribution < -0.4 is 0 Å². The van der Waals surface area contributed by atoms with E-state index in [2.05, 4.69) is 71.0 Å². The molecule has 0 bridgehead atoms. The lowest BCUT2D eigenvalue weighted by Crippen LogP contribution is -1.99. The Bertz CT molecular complexity index is 830. The molecule has 0 aromatic heterocycles. The van der Waals surface area contributed by atoms with Crippen molar-refractivity contribution in [3.05, 3.63) is 80.9 Å². The molecule has 0 fully saturated rings. The van der Waals surface area contributed by atoms with E-state index in [9.17, 15) is 0 Å². The summed E-state index contributed by atoms with van der Waals surface area (Å²) in [6.45, 7) is 11.4. The second-order valence-electron chi connectivity index (χ2n) is 7.72. The zero-order valence-electron chi connectivity index (χ0n) is 15.5. The number of benzene rings is 2. The van der Waals surface area contributed by atoms with E-state index in [1.165, 1.54) is 55.7 Å². The molecular formula is C24H26. The van der Waals surface area contributed by atoms with Crippen LogP contribution in [0.2, 0.25) is 0 Å². The molecule has 0 amide bonds. The Morgan fingerprint density at radius 1 is 0.667 bits per heavy atom. The molecule has 0 heterocycles. The minimum absolute atomic E-state index is 0.447. The zero-order chi connectivity index (χ0) is 17.0. The van der Waals surface area contributed by atoms with Gasteiger partial charge in [0.1, 0.15) is 0 Å². The molecule has 2 aromatic carbocycles. The second kappa shape index (κ2) is 5.48. The van der Waals surface area contributed by atoms with Gasteiger partial charge in [-0.2, -0.15) is 0 Å². The van der Waals surface area contributed by atoms with Gasteiger partial charge in [0.2, 0.25) is 0 Å². The van der Waals surface area contributed by atoms with Crippen LogP contribution in [0.1, 0.15) is 73.9 Å². The lowest BCUT2D eigenvalue weighted by molar-refractivity contribution is 0.913. The highest BCUT2D eigenvalue weighted by Crippen LogP contribution is 2.37. The van der Waals surface area contributed by atoms with Crippen molar-refractivity contribution in [1.82, 2.24) is 0 Å². The van der Waals surface area contributed by atoms with E-state index < -0.39 is 0 Å². The summed E-state index contributed by atoms with van der Waals surface area (Å²) >= 11 is 0. The van der Waals surface area contributed by atoms with Crippen molar-refractivity contribution in [2.24, 2.45) is 0 Å². The van der Waals surface area contributed by atoms with Crippen molar-refractivity contribution >= 4 is 11.1 Å². The first-order valence-electron chi connectivity index (χ1n) is 9.04. The fourth-order valence-corrected chi connectivity index (χ4v) is 4.28. The van der Waals surface area contributed by atoms with Crippen LogP contribution in [0.3, 0.4) is 0 Å². The van der Waals surface area contributed by atoms with Gasteiger partial charge in [0, 0.05) is 5.92 Å². The Morgan fingerprint density at radius 3 is 1.50 bits per heavy atom. The number of hydrogen-bond donors (Lipinski definition) is 0. The lowest BCUT2D eigenvalue weighted by Gasteiger charge is -2.16. The third-order valence-electron chi connectivity index (χ3n) is 6.26. The Balaban J connectivity index is 1.66. The Labute approximate surface area is 145 Å². The molecule has 0 saturated carbocycles. The summed E-state index contributed by atoms with van der Waals surface area (Å²) < 4.78 is 0. The highest BCUT2D eigenvalue weighted by molar-refractivity contribution is 5.76. The van der Waals surface area contributed by atoms with Gasteiger partial charge in [-0.1, -0.05) is 54.5 Å². The molecule has 0 spiro atoms. The quantitative estimate of drug-likeness (QED) is 0.590. The average Bonchev–Trinajstić information content (AvgIpc) is 3.02. The molecule has 24 heavy (non-hydrogen) atoms. The average molecular weight is 314 g/mol. The third kappa shape index (κ3) is 2.28. The second-order valence-corrected chi connectivity index (χ2v) is 7.72. The maximum absolute atomic E-state index is 2.43. The van der Waals surface area contributed by atoms with Crippen LogP contribution in [0.15, 0.2) is 47.5 Å². The molecule has 0 heteroatoms. The van der Waals surface area contributed by atoms with Crippen LogP contribution in [0, 0.1) is 0 Å². The summed E-state index contributed by atoms with van der Waals surface area (Å²) in [6.07, 6.45) is 2.24. The van der Waals surface area contributed by atoms with Crippen LogP contribution >= 0.6 is 0 Å². The Kier molecular flexibility index (Phi) is 3.53. The molecule has 0 saturated heterocycles. The van der Waals surface area contributed by atoms with E-state index in [-0.39, 0.29) is 0 Å². The Hall–Kier alpha value is -2.08. The predicted octanol–water partition coefficient (Wildman–Crippen LogP) is 6.54. The maximum Gasteiger partial charge on any atom is 0.00612 e. The summed E-state index contributed by atoms with van der Waals surface area (Å²) in [5.41, 5.74) is 14.8. The third-order valence-corrected chi connectivity index (χ3v) is 6.26. The minimum Gasteiger partial charge on any atom is -0.0654 e. The smallest absolute Gasteiger partial charge is 0.00612 e. The van der Waals surface area contributed by atoms with Gasteiger partial charge in [-0.3, -0.25) is 0 Å². The van der Waals surface area contributed by atoms with E-state index in [1.807, 2.05) is 0 Å². The van der Waals surface area contributed by atoms with Crippen molar-refractivity contribution in [1.29, 1.82) is 0 Å². The molecular weight excluding hydrogens is 288 g/mol. The number of rotatable bonds is 2. The molecule has 2 aromatic rings. The molecule has 0 N–H and O–H groups in total. The summed E-state index contributed by atoms with van der Waals surface area (Å²) in [5.74, 6) is 0.447. The van der Waals surface area contributed by atoms with E-state index in [0.29, 0.717) is 5.92 Å². The van der Waals surface area contributed by atoms with Crippen LogP contribution in [-0.2, 0) is 12.8 Å². The monoisotopic (exact) mass is 314 g/mol. The van der Waals surface area contributed by atoms with Gasteiger partial charge in [-0.05, 0) is 85.1 Å². The number of hydrogen-bond acceptors (Lipinski definition) is 0. The van der Waals surface area contributed by atoms with E-state index in [0.717, 1.165) is 12.8 Å². The van der Waals surface area contributed by atoms with Crippen molar-refractivity contribution < 1.29 is 0 Å². The first-order valence-corrected chi connectivity index (χ1v) is 9.04. The van der Waals surface area contributed by atoms with E-state index in [1.54, 1.807) is 0 Å². The molecule has 2 aliphatic rings. The molecule has 0 unspecified atom stereocenters. The van der Waals surface area contributed by atoms with Crippen molar-refractivity contribution in [3.8, 4) is 0 Å². The van der Waals surface area contributed by atoms with Crippen LogP contribution in [0.25, 0.3) is 11.1 Å². The molecule has 2 aliphatic carbocycles. The summed E-state index contributed by atoms with van der Waals surface area (Å²) in [5, 5.41) is 0. The summed E-state index contributed by atoms with van der Waals surface area (Å²) in [7, 11) is 0. The molecule has 0 nitrogen and oxygen atoms in total. The van der Waals surface area contributed by atoms with Gasteiger partial charge in [0.25, 0.3) is 0 Å². The highest BCUT2D eigenvalue weighted by atomic mass is 14.2. The number of fused-ring (bicyclic) bond motifs is 2. The van der Waals surface area contributed by atoms with Gasteiger partial charge >= 0.3 is 0 Å². The first kappa shape index (κ1) is 15.4. The normalized spacial score (nSPS) is 16.2. The van der Waals surface area contributed by atoms with Crippen molar-refractivity contribution in [2.45, 2.75) is 53.4 Å². The minimum atomic E-state index is 0.447. The van der Waals surface area contributed by atoms with Gasteiger partial charge in [-0.25, -0.2) is 0 Å². The fourth-order valence-electron chi connectivity index (χ4n) is 4.28. The summed E-state index contributed by atoms with van der Waals surface area (Å²) in [6, 6.07) is 14.2. The first-order chi connectivity index (χ1) is 11.5. The molecule has 4 rings (SSSR count). The molecule has 0 radical (unpaired) electrons. The van der Waals surface area contributed by atoms with Crippen LogP contribution in [0.5, 0.6) is 0 Å². The topological polar surface area (TPSA) is 0 Å². The fraction of sp³-hybridized carbons (Fsp3) is 0.333. The highest BCUT2D eigenvalue weighted by Gasteiger charge is 2.20. The van der Waals surface area contributed by atoms with Gasteiger partial charge in [-0.15, -0.1) is 0 Å². The zero-order valence-corrected chi connectivity index (χ0v) is 15.5. The SMILES string of the molecule is CC1=C(C)c2ccc(C(C)c3ccc4c(c3)CC(C)=C4C)cc2C1. The largest absolute Gasteiger partial charge is 0.0654 e. The Morgan fingerprint density at radius 2 is 1.08 bits per heavy atom. The van der Waals surface area contributed by atoms with Crippen molar-refractivity contribution in [3.63, 3.8) is 0 Å². The lowest BCUT2D eigenvalue weighted by atomic mass is 9.88. The predicted molar refractivity (Wildman–Crippen MR) is 104 cm³/mol. The molecule has 0 aliphatic heterocycles. The molecule has 122 valence electrons. The number of allylic oxidation sites excluding steroid dienone is 4. The summed E-state index contributed by atoms with van der Waals surface area (Å²) in [4.78, 5) is 0. The van der Waals surface area contributed by atoms with Gasteiger partial charge in [0.05, 0.1) is 0 Å². The molecule has 0 atom stereocenters. The maximum atomic E-state index is 2.43.